The number of urea groups is 1. The molecule has 2 aromatic heterocycles. The van der Waals surface area contributed by atoms with E-state index in [4.69, 9.17) is 4.74 Å². The average molecular weight is 621 g/mol. The number of aromatic nitrogens is 1. The van der Waals surface area contributed by atoms with E-state index in [-0.39, 0.29) is 29.0 Å². The molecule has 0 saturated carbocycles. The van der Waals surface area contributed by atoms with Gasteiger partial charge >= 0.3 is 6.03 Å². The molecular weight excluding hydrogens is 584 g/mol. The second-order valence-corrected chi connectivity index (χ2v) is 13.6. The molecule has 1 fully saturated rings. The van der Waals surface area contributed by atoms with E-state index in [2.05, 4.69) is 21.7 Å². The van der Waals surface area contributed by atoms with Gasteiger partial charge < -0.3 is 20.3 Å². The lowest BCUT2D eigenvalue weighted by atomic mass is 9.93. The number of aryl methyl sites for hydroxylation is 1. The minimum absolute atomic E-state index is 0.0668. The third kappa shape index (κ3) is 6.41. The third-order valence-corrected chi connectivity index (χ3v) is 8.99. The predicted molar refractivity (Wildman–Crippen MR) is 178 cm³/mol. The fourth-order valence-electron chi connectivity index (χ4n) is 5.88. The van der Waals surface area contributed by atoms with Gasteiger partial charge in [0, 0.05) is 36.8 Å². The van der Waals surface area contributed by atoms with Crippen molar-refractivity contribution in [3.8, 4) is 17.6 Å². The number of amides is 3. The van der Waals surface area contributed by atoms with Crippen molar-refractivity contribution in [1.82, 2.24) is 15.2 Å². The summed E-state index contributed by atoms with van der Waals surface area (Å²) in [5.41, 5.74) is 3.15. The van der Waals surface area contributed by atoms with Crippen LogP contribution in [0.1, 0.15) is 44.1 Å². The van der Waals surface area contributed by atoms with Crippen LogP contribution in [0.15, 0.2) is 72.4 Å². The van der Waals surface area contributed by atoms with Crippen LogP contribution in [0.4, 0.5) is 21.9 Å². The van der Waals surface area contributed by atoms with E-state index in [9.17, 15) is 14.9 Å². The van der Waals surface area contributed by atoms with Crippen molar-refractivity contribution in [3.05, 3.63) is 82.9 Å². The maximum absolute atomic E-state index is 13.7. The molecule has 2 N–H and O–H groups in total. The Kier molecular flexibility index (Phi) is 8.32. The van der Waals surface area contributed by atoms with Crippen LogP contribution in [0.2, 0.25) is 0 Å². The minimum Gasteiger partial charge on any atom is -0.457 e. The zero-order valence-corrected chi connectivity index (χ0v) is 26.7. The van der Waals surface area contributed by atoms with Gasteiger partial charge in [-0.25, -0.2) is 9.78 Å². The Bertz CT molecular complexity index is 1840. The third-order valence-electron chi connectivity index (χ3n) is 7.90. The Morgan fingerprint density at radius 3 is 2.71 bits per heavy atom. The van der Waals surface area contributed by atoms with E-state index in [1.807, 2.05) is 82.3 Å². The standard InChI is InChI=1S/C35H36N6O3S/c1-22-17-26(44-25-10-6-5-7-11-25)12-13-27(22)41-28-14-15-37-32-30(28)31(39-34(41)43)29(45-32)20-38-24-9-8-16-40(21-24)33(42)23(19-36)18-35(2,3)4/h5-7,10-15,17-18,24,38H,8-9,16,20-21H2,1-4H3,(H,39,43)/b23-18+/t24-/m0/s1. The molecule has 10 heteroatoms. The molecule has 1 saturated heterocycles. The summed E-state index contributed by atoms with van der Waals surface area (Å²) in [7, 11) is 0. The number of hydrogen-bond donors (Lipinski definition) is 2. The van der Waals surface area contributed by atoms with Crippen LogP contribution in [0, 0.1) is 23.7 Å². The molecule has 2 aliphatic rings. The first-order chi connectivity index (χ1) is 21.6. The molecule has 0 bridgehead atoms. The number of nitriles is 1. The molecule has 4 heterocycles. The number of allylic oxidation sites excluding steroid dienone is 1. The van der Waals surface area contributed by atoms with Gasteiger partial charge in [-0.2, -0.15) is 5.26 Å². The number of rotatable bonds is 7. The van der Waals surface area contributed by atoms with E-state index < -0.39 is 0 Å². The quantitative estimate of drug-likeness (QED) is 0.162. The van der Waals surface area contributed by atoms with E-state index in [1.165, 1.54) is 0 Å². The number of para-hydroxylation sites is 1. The molecule has 230 valence electrons. The largest absolute Gasteiger partial charge is 0.457 e. The monoisotopic (exact) mass is 620 g/mol. The molecule has 2 aromatic carbocycles. The Labute approximate surface area is 267 Å². The van der Waals surface area contributed by atoms with Crippen LogP contribution in [0.5, 0.6) is 11.5 Å². The molecule has 0 radical (unpaired) electrons. The van der Waals surface area contributed by atoms with Gasteiger partial charge in [0.05, 0.1) is 22.4 Å². The Balaban J connectivity index is 1.20. The number of nitrogens with zero attached hydrogens (tertiary/aromatic N) is 4. The maximum Gasteiger partial charge on any atom is 0.331 e. The number of nitrogens with one attached hydrogen (secondary N) is 2. The molecular formula is C35H36N6O3S. The SMILES string of the molecule is Cc1cc(Oc2ccccc2)ccc1N1C(=O)Nc2c(CN[C@H]3CCCN(C(=O)/C(C#N)=C/C(C)(C)C)C3)sc3nccc1c23. The maximum atomic E-state index is 13.7. The first-order valence-corrected chi connectivity index (χ1v) is 15.9. The number of likely N-dealkylation sites (tertiary alicyclic amines) is 1. The zero-order valence-electron chi connectivity index (χ0n) is 25.9. The van der Waals surface area contributed by atoms with Crippen LogP contribution in [0.25, 0.3) is 10.2 Å². The molecule has 2 aliphatic heterocycles. The Morgan fingerprint density at radius 2 is 1.98 bits per heavy atom. The number of benzene rings is 2. The molecule has 0 aliphatic carbocycles. The van der Waals surface area contributed by atoms with Crippen molar-refractivity contribution in [1.29, 1.82) is 5.26 Å². The summed E-state index contributed by atoms with van der Waals surface area (Å²) in [6, 6.07) is 19.1. The number of anilines is 3. The molecule has 1 atom stereocenters. The fraction of sp³-hybridized carbons (Fsp3) is 0.314. The van der Waals surface area contributed by atoms with Crippen LogP contribution < -0.4 is 20.3 Å². The lowest BCUT2D eigenvalue weighted by Gasteiger charge is -2.33. The summed E-state index contributed by atoms with van der Waals surface area (Å²) in [4.78, 5) is 36.7. The second kappa shape index (κ2) is 12.3. The van der Waals surface area contributed by atoms with Crippen molar-refractivity contribution in [3.63, 3.8) is 0 Å². The molecule has 3 amide bonds. The highest BCUT2D eigenvalue weighted by molar-refractivity contribution is 7.19. The van der Waals surface area contributed by atoms with Crippen LogP contribution in [-0.2, 0) is 11.3 Å². The van der Waals surface area contributed by atoms with Gasteiger partial charge in [-0.15, -0.1) is 11.3 Å². The topological polar surface area (TPSA) is 111 Å². The highest BCUT2D eigenvalue weighted by Crippen LogP contribution is 2.46. The van der Waals surface area contributed by atoms with Gasteiger partial charge in [-0.05, 0) is 67.1 Å². The van der Waals surface area contributed by atoms with Crippen molar-refractivity contribution in [2.75, 3.05) is 23.3 Å². The summed E-state index contributed by atoms with van der Waals surface area (Å²) < 4.78 is 6.01. The summed E-state index contributed by atoms with van der Waals surface area (Å²) in [6.07, 6.45) is 5.26. The van der Waals surface area contributed by atoms with Gasteiger partial charge in [-0.3, -0.25) is 9.69 Å². The normalized spacial score (nSPS) is 16.8. The number of pyridine rings is 1. The molecule has 0 unspecified atom stereocenters. The number of ether oxygens (including phenoxy) is 1. The number of piperidine rings is 1. The summed E-state index contributed by atoms with van der Waals surface area (Å²) in [6.45, 7) is 9.58. The van der Waals surface area contributed by atoms with Gasteiger partial charge in [0.1, 0.15) is 28.0 Å². The molecule has 9 nitrogen and oxygen atoms in total. The molecule has 45 heavy (non-hydrogen) atoms. The van der Waals surface area contributed by atoms with Gasteiger partial charge in [0.15, 0.2) is 0 Å². The summed E-state index contributed by atoms with van der Waals surface area (Å²) in [5.74, 6) is 1.23. The van der Waals surface area contributed by atoms with Gasteiger partial charge in [0.2, 0.25) is 0 Å². The van der Waals surface area contributed by atoms with Crippen LogP contribution in [0.3, 0.4) is 0 Å². The number of carbonyl (C=O) groups is 2. The van der Waals surface area contributed by atoms with Crippen molar-refractivity contribution in [2.24, 2.45) is 5.41 Å². The smallest absolute Gasteiger partial charge is 0.331 e. The number of hydrogen-bond acceptors (Lipinski definition) is 7. The van der Waals surface area contributed by atoms with Crippen molar-refractivity contribution < 1.29 is 14.3 Å². The van der Waals surface area contributed by atoms with E-state index in [0.717, 1.165) is 56.3 Å². The van der Waals surface area contributed by atoms with Crippen LogP contribution >= 0.6 is 11.3 Å². The highest BCUT2D eigenvalue weighted by Gasteiger charge is 2.32. The van der Waals surface area contributed by atoms with E-state index >= 15 is 0 Å². The fourth-order valence-corrected chi connectivity index (χ4v) is 6.95. The van der Waals surface area contributed by atoms with E-state index in [0.29, 0.717) is 25.4 Å². The number of thiophene rings is 1. The summed E-state index contributed by atoms with van der Waals surface area (Å²) >= 11 is 1.55. The first-order valence-electron chi connectivity index (χ1n) is 15.1. The van der Waals surface area contributed by atoms with Gasteiger partial charge in [0.25, 0.3) is 5.91 Å². The zero-order chi connectivity index (χ0) is 31.7. The first kappa shape index (κ1) is 30.3. The predicted octanol–water partition coefficient (Wildman–Crippen LogP) is 7.66. The average Bonchev–Trinajstić information content (AvgIpc) is 3.37. The van der Waals surface area contributed by atoms with Crippen molar-refractivity contribution >= 4 is 50.6 Å². The van der Waals surface area contributed by atoms with Crippen molar-refractivity contribution in [2.45, 2.75) is 53.1 Å². The minimum atomic E-state index is -0.261. The lowest BCUT2D eigenvalue weighted by molar-refractivity contribution is -0.128. The summed E-state index contributed by atoms with van der Waals surface area (Å²) in [5, 5.41) is 17.3. The van der Waals surface area contributed by atoms with E-state index in [1.54, 1.807) is 33.4 Å². The lowest BCUT2D eigenvalue weighted by Crippen LogP contribution is -2.48. The molecule has 4 aromatic rings. The Morgan fingerprint density at radius 1 is 1.18 bits per heavy atom. The highest BCUT2D eigenvalue weighted by atomic mass is 32.1. The Hall–Kier alpha value is -4.72. The second-order valence-electron chi connectivity index (χ2n) is 12.5. The molecule has 6 rings (SSSR count). The number of carbonyl (C=O) groups excluding carboxylic acids is 2. The molecule has 0 spiro atoms. The van der Waals surface area contributed by atoms with Crippen LogP contribution in [-0.4, -0.2) is 41.0 Å². The van der Waals surface area contributed by atoms with Gasteiger partial charge in [-0.1, -0.05) is 45.0 Å².